The second kappa shape index (κ2) is 13.2. The van der Waals surface area contributed by atoms with Gasteiger partial charge in [-0.05, 0) is 111 Å². The van der Waals surface area contributed by atoms with Crippen molar-refractivity contribution in [3.63, 3.8) is 0 Å². The van der Waals surface area contributed by atoms with Crippen molar-refractivity contribution in [3.05, 3.63) is 0 Å². The third-order valence-corrected chi connectivity index (χ3v) is 8.12. The van der Waals surface area contributed by atoms with E-state index in [1.807, 2.05) is 6.92 Å². The molecule has 226 valence electrons. The first-order valence-corrected chi connectivity index (χ1v) is 13.2. The van der Waals surface area contributed by atoms with Gasteiger partial charge in [0.05, 0.1) is 17.3 Å². The Morgan fingerprint density at radius 2 is 1.11 bits per heavy atom. The first-order chi connectivity index (χ1) is 15.5. The van der Waals surface area contributed by atoms with Gasteiger partial charge in [0.1, 0.15) is 16.8 Å². The fraction of sp³-hybridized carbons (Fsp3) is 0.906. The van der Waals surface area contributed by atoms with Gasteiger partial charge in [0.25, 0.3) is 0 Å². The fourth-order valence-corrected chi connectivity index (χ4v) is 6.87. The van der Waals surface area contributed by atoms with E-state index in [0.717, 1.165) is 19.3 Å². The van der Waals surface area contributed by atoms with Gasteiger partial charge in [-0.25, -0.2) is 0 Å². The molecule has 4 fully saturated rings. The van der Waals surface area contributed by atoms with Crippen LogP contribution in [-0.4, -0.2) is 34.7 Å². The molecule has 0 aliphatic heterocycles. The van der Waals surface area contributed by atoms with Gasteiger partial charge >= 0.3 is 17.9 Å². The molecule has 0 amide bonds. The summed E-state index contributed by atoms with van der Waals surface area (Å²) in [7, 11) is 0. The van der Waals surface area contributed by atoms with Crippen LogP contribution in [-0.2, 0) is 28.6 Å². The molecule has 0 aromatic rings. The van der Waals surface area contributed by atoms with Crippen molar-refractivity contribution in [2.24, 2.45) is 35.0 Å². The van der Waals surface area contributed by atoms with E-state index < -0.39 is 46.0 Å². The number of esters is 3. The Hall–Kier alpha value is -1.59. The molecule has 6 nitrogen and oxygen atoms in total. The van der Waals surface area contributed by atoms with Gasteiger partial charge in [0.15, 0.2) is 0 Å². The molecule has 0 aromatic carbocycles. The number of carbonyl (C=O) groups is 3. The van der Waals surface area contributed by atoms with E-state index in [1.54, 1.807) is 55.4 Å². The highest BCUT2D eigenvalue weighted by Crippen LogP contribution is 2.58. The van der Waals surface area contributed by atoms with Gasteiger partial charge in [0.2, 0.25) is 0 Å². The second-order valence-corrected chi connectivity index (χ2v) is 13.6. The van der Waals surface area contributed by atoms with E-state index in [2.05, 4.69) is 0 Å². The van der Waals surface area contributed by atoms with Crippen molar-refractivity contribution in [1.82, 2.24) is 0 Å². The van der Waals surface area contributed by atoms with Crippen LogP contribution in [0.25, 0.3) is 0 Å². The summed E-state index contributed by atoms with van der Waals surface area (Å²) in [5.41, 5.74) is -3.08. The van der Waals surface area contributed by atoms with Crippen LogP contribution < -0.4 is 0 Å². The number of rotatable bonds is 7. The van der Waals surface area contributed by atoms with Crippen LogP contribution in [0.2, 0.25) is 0 Å². The molecule has 4 bridgehead atoms. The Labute approximate surface area is 235 Å². The van der Waals surface area contributed by atoms with Crippen LogP contribution >= 0.6 is 0 Å². The van der Waals surface area contributed by atoms with Gasteiger partial charge in [0, 0.05) is 0 Å². The topological polar surface area (TPSA) is 78.9 Å². The predicted molar refractivity (Wildman–Crippen MR) is 157 cm³/mol. The maximum atomic E-state index is 13.9. The van der Waals surface area contributed by atoms with Crippen molar-refractivity contribution in [1.29, 1.82) is 0 Å². The molecule has 0 spiro atoms. The minimum Gasteiger partial charge on any atom is -0.460 e. The highest BCUT2D eigenvalue weighted by atomic mass is 16.6. The van der Waals surface area contributed by atoms with Crippen molar-refractivity contribution in [3.8, 4) is 0 Å². The van der Waals surface area contributed by atoms with Crippen molar-refractivity contribution in [2.75, 3.05) is 0 Å². The minimum atomic E-state index is -1.21. The summed E-state index contributed by atoms with van der Waals surface area (Å²) in [5.74, 6) is -1.42. The molecular weight excluding hydrogens is 480 g/mol. The SMILES string of the molecule is C.C.C.C.CCC(C)(C(=O)OC12CC3CC(CC(C3)C1)C2)C(C(=O)OC(C)(C)C)C(C)C(=O)OC(C)(C)C. The summed E-state index contributed by atoms with van der Waals surface area (Å²) in [6.45, 7) is 16.0. The molecule has 0 radical (unpaired) electrons. The number of ether oxygens (including phenoxy) is 3. The lowest BCUT2D eigenvalue weighted by Crippen LogP contribution is -2.56. The van der Waals surface area contributed by atoms with Crippen LogP contribution in [0.1, 0.15) is 137 Å². The maximum absolute atomic E-state index is 13.9. The zero-order chi connectivity index (χ0) is 25.7. The summed E-state index contributed by atoms with van der Waals surface area (Å²) < 4.78 is 17.8. The van der Waals surface area contributed by atoms with Gasteiger partial charge in [-0.3, -0.25) is 14.4 Å². The first-order valence-electron chi connectivity index (χ1n) is 13.2. The Balaban J connectivity index is 0. The summed E-state index contributed by atoms with van der Waals surface area (Å²) in [5, 5.41) is 0. The van der Waals surface area contributed by atoms with Gasteiger partial charge < -0.3 is 14.2 Å². The van der Waals surface area contributed by atoms with Crippen LogP contribution in [0, 0.1) is 35.0 Å². The lowest BCUT2D eigenvalue weighted by Gasteiger charge is -2.56. The second-order valence-electron chi connectivity index (χ2n) is 13.6. The maximum Gasteiger partial charge on any atom is 0.313 e. The van der Waals surface area contributed by atoms with Crippen LogP contribution in [0.5, 0.6) is 0 Å². The van der Waals surface area contributed by atoms with E-state index in [4.69, 9.17) is 14.2 Å². The lowest BCUT2D eigenvalue weighted by molar-refractivity contribution is -0.206. The molecule has 0 aromatic heterocycles. The first kappa shape index (κ1) is 38.6. The Morgan fingerprint density at radius 3 is 1.45 bits per heavy atom. The summed E-state index contributed by atoms with van der Waals surface area (Å²) in [4.78, 5) is 40.5. The summed E-state index contributed by atoms with van der Waals surface area (Å²) in [6, 6.07) is 0. The number of carbonyl (C=O) groups excluding carboxylic acids is 3. The molecule has 4 aliphatic rings. The van der Waals surface area contributed by atoms with Crippen molar-refractivity contribution >= 4 is 17.9 Å². The zero-order valence-electron chi connectivity index (χ0n) is 22.8. The lowest BCUT2D eigenvalue weighted by atomic mass is 9.54. The third kappa shape index (κ3) is 8.45. The normalized spacial score (nSPS) is 28.5. The third-order valence-electron chi connectivity index (χ3n) is 8.12. The van der Waals surface area contributed by atoms with E-state index >= 15 is 0 Å². The molecule has 0 N–H and O–H groups in total. The average molecular weight is 543 g/mol. The van der Waals surface area contributed by atoms with E-state index in [1.165, 1.54) is 19.3 Å². The number of hydrogen-bond donors (Lipinski definition) is 0. The van der Waals surface area contributed by atoms with E-state index in [-0.39, 0.29) is 35.7 Å². The zero-order valence-corrected chi connectivity index (χ0v) is 22.8. The van der Waals surface area contributed by atoms with Gasteiger partial charge in [-0.1, -0.05) is 43.6 Å². The molecule has 0 saturated heterocycles. The summed E-state index contributed by atoms with van der Waals surface area (Å²) in [6.07, 6.45) is 6.86. The molecule has 0 heterocycles. The van der Waals surface area contributed by atoms with Crippen LogP contribution in [0.4, 0.5) is 0 Å². The predicted octanol–water partition coefficient (Wildman–Crippen LogP) is 8.39. The largest absolute Gasteiger partial charge is 0.460 e. The molecular formula is C32H62O6. The van der Waals surface area contributed by atoms with Gasteiger partial charge in [-0.15, -0.1) is 0 Å². The quantitative estimate of drug-likeness (QED) is 0.237. The smallest absolute Gasteiger partial charge is 0.313 e. The standard InChI is InChI=1S/C28H46O6.4CH4/c1-10-27(9,24(31)34-28-14-18-11-19(15-28)13-20(12-18)16-28)21(23(30)33-26(6,7)8)17(2)22(29)32-25(3,4)5;;;;/h17-21H,10-16H2,1-9H3;4*1H4. The monoisotopic (exact) mass is 542 g/mol. The molecule has 3 unspecified atom stereocenters. The average Bonchev–Trinajstić information content (AvgIpc) is 2.63. The molecule has 38 heavy (non-hydrogen) atoms. The summed E-state index contributed by atoms with van der Waals surface area (Å²) >= 11 is 0. The number of hydrogen-bond acceptors (Lipinski definition) is 6. The molecule has 6 heteroatoms. The van der Waals surface area contributed by atoms with Crippen LogP contribution in [0.3, 0.4) is 0 Å². The van der Waals surface area contributed by atoms with Crippen LogP contribution in [0.15, 0.2) is 0 Å². The molecule has 4 aliphatic carbocycles. The van der Waals surface area contributed by atoms with Crippen molar-refractivity contribution in [2.45, 2.75) is 154 Å². The minimum absolute atomic E-state index is 0. The Kier molecular flexibility index (Phi) is 13.4. The van der Waals surface area contributed by atoms with E-state index in [9.17, 15) is 14.4 Å². The van der Waals surface area contributed by atoms with E-state index in [0.29, 0.717) is 24.2 Å². The highest BCUT2D eigenvalue weighted by Gasteiger charge is 2.57. The molecule has 4 saturated carbocycles. The highest BCUT2D eigenvalue weighted by molar-refractivity contribution is 5.89. The van der Waals surface area contributed by atoms with Gasteiger partial charge in [-0.2, -0.15) is 0 Å². The Bertz CT molecular complexity index is 766. The fourth-order valence-electron chi connectivity index (χ4n) is 6.87. The Morgan fingerprint density at radius 1 is 0.737 bits per heavy atom. The molecule has 4 rings (SSSR count). The molecule has 3 atom stereocenters. The van der Waals surface area contributed by atoms with Crippen molar-refractivity contribution < 1.29 is 28.6 Å².